The van der Waals surface area contributed by atoms with Crippen molar-refractivity contribution in [3.8, 4) is 0 Å². The molecule has 0 bridgehead atoms. The highest BCUT2D eigenvalue weighted by molar-refractivity contribution is 5.92. The molecule has 0 atom stereocenters. The molecule has 1 aliphatic heterocycles. The SMILES string of the molecule is O=C(CCc1ccccc1)Nc1ccnn1C1CCN(C(=O)c2ccc[nH]2)CC1. The van der Waals surface area contributed by atoms with Gasteiger partial charge in [0.2, 0.25) is 5.91 Å². The molecule has 150 valence electrons. The average molecular weight is 391 g/mol. The van der Waals surface area contributed by atoms with Crippen LogP contribution in [0, 0.1) is 0 Å². The maximum Gasteiger partial charge on any atom is 0.270 e. The smallest absolute Gasteiger partial charge is 0.270 e. The van der Waals surface area contributed by atoms with E-state index in [0.717, 1.165) is 24.2 Å². The van der Waals surface area contributed by atoms with Crippen LogP contribution in [0.1, 0.15) is 41.4 Å². The number of nitrogens with one attached hydrogen (secondary N) is 2. The van der Waals surface area contributed by atoms with Gasteiger partial charge in [-0.15, -0.1) is 0 Å². The Labute approximate surface area is 169 Å². The normalized spacial score (nSPS) is 14.7. The molecule has 0 radical (unpaired) electrons. The Morgan fingerprint density at radius 3 is 2.59 bits per heavy atom. The number of anilines is 1. The summed E-state index contributed by atoms with van der Waals surface area (Å²) >= 11 is 0. The minimum absolute atomic E-state index is 0.0186. The van der Waals surface area contributed by atoms with E-state index >= 15 is 0 Å². The third kappa shape index (κ3) is 4.56. The second kappa shape index (κ2) is 8.77. The summed E-state index contributed by atoms with van der Waals surface area (Å²) in [6, 6.07) is 15.6. The van der Waals surface area contributed by atoms with Crippen LogP contribution in [0.25, 0.3) is 0 Å². The van der Waals surface area contributed by atoms with Gasteiger partial charge in [-0.3, -0.25) is 9.59 Å². The average Bonchev–Trinajstić information content (AvgIpc) is 3.45. The number of aromatic nitrogens is 3. The van der Waals surface area contributed by atoms with Gasteiger partial charge in [0.1, 0.15) is 11.5 Å². The van der Waals surface area contributed by atoms with E-state index in [0.29, 0.717) is 31.6 Å². The van der Waals surface area contributed by atoms with Gasteiger partial charge >= 0.3 is 0 Å². The zero-order valence-electron chi connectivity index (χ0n) is 16.3. The van der Waals surface area contributed by atoms with E-state index < -0.39 is 0 Å². The first-order chi connectivity index (χ1) is 14.2. The minimum Gasteiger partial charge on any atom is -0.357 e. The van der Waals surface area contributed by atoms with Gasteiger partial charge in [0, 0.05) is 31.8 Å². The molecule has 3 aromatic rings. The van der Waals surface area contributed by atoms with Crippen molar-refractivity contribution >= 4 is 17.6 Å². The molecule has 0 saturated carbocycles. The summed E-state index contributed by atoms with van der Waals surface area (Å²) in [5.41, 5.74) is 1.77. The summed E-state index contributed by atoms with van der Waals surface area (Å²) in [5.74, 6) is 0.732. The fourth-order valence-corrected chi connectivity index (χ4v) is 3.76. The molecule has 3 heterocycles. The van der Waals surface area contributed by atoms with Crippen LogP contribution in [0.5, 0.6) is 0 Å². The zero-order valence-corrected chi connectivity index (χ0v) is 16.3. The predicted octanol–water partition coefficient (Wildman–Crippen LogP) is 3.26. The molecule has 7 nitrogen and oxygen atoms in total. The second-order valence-corrected chi connectivity index (χ2v) is 7.30. The maximum atomic E-state index is 12.5. The van der Waals surface area contributed by atoms with E-state index in [4.69, 9.17) is 0 Å². The maximum absolute atomic E-state index is 12.5. The molecular formula is C22H25N5O2. The molecule has 0 unspecified atom stereocenters. The van der Waals surface area contributed by atoms with Gasteiger partial charge in [-0.05, 0) is 37.0 Å². The molecule has 2 aromatic heterocycles. The Morgan fingerprint density at radius 2 is 1.86 bits per heavy atom. The van der Waals surface area contributed by atoms with Crippen LogP contribution in [-0.4, -0.2) is 44.6 Å². The highest BCUT2D eigenvalue weighted by Crippen LogP contribution is 2.26. The minimum atomic E-state index is -0.0186. The lowest BCUT2D eigenvalue weighted by Crippen LogP contribution is -2.39. The van der Waals surface area contributed by atoms with Gasteiger partial charge in [-0.1, -0.05) is 30.3 Å². The van der Waals surface area contributed by atoms with Crippen molar-refractivity contribution in [3.05, 3.63) is 72.2 Å². The lowest BCUT2D eigenvalue weighted by molar-refractivity contribution is -0.116. The summed E-state index contributed by atoms with van der Waals surface area (Å²) in [5, 5.41) is 7.41. The number of aromatic amines is 1. The predicted molar refractivity (Wildman–Crippen MR) is 111 cm³/mol. The van der Waals surface area contributed by atoms with Gasteiger partial charge in [-0.2, -0.15) is 5.10 Å². The number of carbonyl (C=O) groups excluding carboxylic acids is 2. The monoisotopic (exact) mass is 391 g/mol. The van der Waals surface area contributed by atoms with Gasteiger partial charge in [-0.25, -0.2) is 4.68 Å². The van der Waals surface area contributed by atoms with Crippen molar-refractivity contribution in [2.75, 3.05) is 18.4 Å². The van der Waals surface area contributed by atoms with Crippen LogP contribution in [0.4, 0.5) is 5.82 Å². The number of benzene rings is 1. The van der Waals surface area contributed by atoms with Gasteiger partial charge in [0.25, 0.3) is 5.91 Å². The molecule has 29 heavy (non-hydrogen) atoms. The topological polar surface area (TPSA) is 83.0 Å². The Morgan fingerprint density at radius 1 is 1.07 bits per heavy atom. The van der Waals surface area contributed by atoms with Crippen LogP contribution < -0.4 is 5.32 Å². The van der Waals surface area contributed by atoms with Crippen molar-refractivity contribution in [2.24, 2.45) is 0 Å². The van der Waals surface area contributed by atoms with Crippen LogP contribution in [-0.2, 0) is 11.2 Å². The summed E-state index contributed by atoms with van der Waals surface area (Å²) in [6.07, 6.45) is 6.22. The summed E-state index contributed by atoms with van der Waals surface area (Å²) < 4.78 is 1.89. The molecule has 1 fully saturated rings. The quantitative estimate of drug-likeness (QED) is 0.677. The summed E-state index contributed by atoms with van der Waals surface area (Å²) in [4.78, 5) is 29.7. The van der Waals surface area contributed by atoms with Gasteiger partial charge < -0.3 is 15.2 Å². The largest absolute Gasteiger partial charge is 0.357 e. The first kappa shape index (κ1) is 19.0. The molecular weight excluding hydrogens is 366 g/mol. The molecule has 4 rings (SSSR count). The Kier molecular flexibility index (Phi) is 5.74. The van der Waals surface area contributed by atoms with Gasteiger partial charge in [0.15, 0.2) is 0 Å². The molecule has 0 spiro atoms. The summed E-state index contributed by atoms with van der Waals surface area (Å²) in [7, 11) is 0. The van der Waals surface area contributed by atoms with E-state index in [1.165, 1.54) is 0 Å². The lowest BCUT2D eigenvalue weighted by atomic mass is 10.0. The summed E-state index contributed by atoms with van der Waals surface area (Å²) in [6.45, 7) is 1.34. The van der Waals surface area contributed by atoms with E-state index in [2.05, 4.69) is 15.4 Å². The molecule has 1 aliphatic rings. The number of rotatable bonds is 6. The number of hydrogen-bond acceptors (Lipinski definition) is 3. The van der Waals surface area contributed by atoms with Crippen molar-refractivity contribution in [1.82, 2.24) is 19.7 Å². The van der Waals surface area contributed by atoms with Crippen LogP contribution in [0.15, 0.2) is 60.9 Å². The Balaban J connectivity index is 1.31. The number of aryl methyl sites for hydroxylation is 1. The number of carbonyl (C=O) groups is 2. The number of likely N-dealkylation sites (tertiary alicyclic amines) is 1. The Hall–Kier alpha value is -3.35. The van der Waals surface area contributed by atoms with Crippen molar-refractivity contribution in [3.63, 3.8) is 0 Å². The van der Waals surface area contributed by atoms with E-state index in [-0.39, 0.29) is 17.9 Å². The first-order valence-electron chi connectivity index (χ1n) is 10.0. The fourth-order valence-electron chi connectivity index (χ4n) is 3.76. The molecule has 2 N–H and O–H groups in total. The number of nitrogens with zero attached hydrogens (tertiary/aromatic N) is 3. The standard InChI is InChI=1S/C22H25N5O2/c28-21(9-8-17-5-2-1-3-6-17)25-20-10-14-24-27(20)18-11-15-26(16-12-18)22(29)19-7-4-13-23-19/h1-7,10,13-14,18,23H,8-9,11-12,15-16H2,(H,25,28). The van der Waals surface area contributed by atoms with Crippen LogP contribution in [0.3, 0.4) is 0 Å². The molecule has 0 aliphatic carbocycles. The second-order valence-electron chi connectivity index (χ2n) is 7.30. The number of hydrogen-bond donors (Lipinski definition) is 2. The van der Waals surface area contributed by atoms with Crippen LogP contribution >= 0.6 is 0 Å². The fraction of sp³-hybridized carbons (Fsp3) is 0.318. The molecule has 1 saturated heterocycles. The van der Waals surface area contributed by atoms with Gasteiger partial charge in [0.05, 0.1) is 12.2 Å². The van der Waals surface area contributed by atoms with E-state index in [1.54, 1.807) is 18.5 Å². The third-order valence-electron chi connectivity index (χ3n) is 5.35. The van der Waals surface area contributed by atoms with Crippen LogP contribution in [0.2, 0.25) is 0 Å². The van der Waals surface area contributed by atoms with Crippen molar-refractivity contribution < 1.29 is 9.59 Å². The zero-order chi connectivity index (χ0) is 20.1. The van der Waals surface area contributed by atoms with E-state index in [1.807, 2.05) is 52.0 Å². The number of H-pyrrole nitrogens is 1. The van der Waals surface area contributed by atoms with Crippen molar-refractivity contribution in [1.29, 1.82) is 0 Å². The molecule has 7 heteroatoms. The highest BCUT2D eigenvalue weighted by atomic mass is 16.2. The Bertz CT molecular complexity index is 941. The highest BCUT2D eigenvalue weighted by Gasteiger charge is 2.26. The third-order valence-corrected chi connectivity index (χ3v) is 5.35. The number of amides is 2. The van der Waals surface area contributed by atoms with E-state index in [9.17, 15) is 9.59 Å². The number of piperidine rings is 1. The molecule has 1 aromatic carbocycles. The van der Waals surface area contributed by atoms with Crippen molar-refractivity contribution in [2.45, 2.75) is 31.7 Å². The lowest BCUT2D eigenvalue weighted by Gasteiger charge is -2.32. The molecule has 2 amide bonds. The first-order valence-corrected chi connectivity index (χ1v) is 10.0.